The number of likely N-dealkylation sites (N-methyl/N-ethyl adjacent to an activating group) is 1. The molecule has 106 valence electrons. The van der Waals surface area contributed by atoms with Gasteiger partial charge in [0.25, 0.3) is 0 Å². The molecule has 3 heteroatoms. The van der Waals surface area contributed by atoms with Crippen LogP contribution in [0.3, 0.4) is 0 Å². The number of piperidine rings is 1. The molecule has 2 bridgehead atoms. The van der Waals surface area contributed by atoms with Crippen molar-refractivity contribution < 1.29 is 4.42 Å². The lowest BCUT2D eigenvalue weighted by molar-refractivity contribution is 0.187. The van der Waals surface area contributed by atoms with E-state index >= 15 is 0 Å². The first-order valence-electron chi connectivity index (χ1n) is 7.73. The lowest BCUT2D eigenvalue weighted by Crippen LogP contribution is -2.38. The Kier molecular flexibility index (Phi) is 3.04. The second-order valence-electron chi connectivity index (χ2n) is 6.31. The molecule has 4 rings (SSSR count). The predicted octanol–water partition coefficient (Wildman–Crippen LogP) is 3.18. The van der Waals surface area contributed by atoms with Gasteiger partial charge in [0.15, 0.2) is 0 Å². The monoisotopic (exact) mass is 270 g/mol. The number of benzene rings is 1. The van der Waals surface area contributed by atoms with Crippen molar-refractivity contribution >= 4 is 11.0 Å². The fourth-order valence-electron chi connectivity index (χ4n) is 3.98. The molecule has 2 aromatic rings. The Labute approximate surface area is 119 Å². The van der Waals surface area contributed by atoms with Crippen LogP contribution >= 0.6 is 0 Å². The molecule has 0 spiro atoms. The molecule has 3 atom stereocenters. The summed E-state index contributed by atoms with van der Waals surface area (Å²) >= 11 is 0. The van der Waals surface area contributed by atoms with E-state index in [0.717, 1.165) is 29.8 Å². The minimum atomic E-state index is 0.293. The van der Waals surface area contributed by atoms with E-state index in [1.807, 2.05) is 19.2 Å². The molecular formula is C17H22N2O. The summed E-state index contributed by atoms with van der Waals surface area (Å²) in [5.74, 6) is 2.02. The van der Waals surface area contributed by atoms with Crippen molar-refractivity contribution in [2.45, 2.75) is 31.3 Å². The van der Waals surface area contributed by atoms with E-state index in [1.54, 1.807) is 0 Å². The van der Waals surface area contributed by atoms with E-state index < -0.39 is 0 Å². The molecular weight excluding hydrogens is 248 g/mol. The Morgan fingerprint density at radius 3 is 2.95 bits per heavy atom. The van der Waals surface area contributed by atoms with Gasteiger partial charge < -0.3 is 9.73 Å². The summed E-state index contributed by atoms with van der Waals surface area (Å²) in [4.78, 5) is 2.66. The molecule has 1 saturated heterocycles. The number of fused-ring (bicyclic) bond motifs is 3. The highest BCUT2D eigenvalue weighted by molar-refractivity contribution is 5.77. The number of furan rings is 1. The molecule has 3 nitrogen and oxygen atoms in total. The first-order valence-corrected chi connectivity index (χ1v) is 7.73. The van der Waals surface area contributed by atoms with E-state index in [2.05, 4.69) is 28.4 Å². The average Bonchev–Trinajstić information content (AvgIpc) is 3.18. The van der Waals surface area contributed by atoms with Crippen LogP contribution in [0.25, 0.3) is 11.0 Å². The summed E-state index contributed by atoms with van der Waals surface area (Å²) in [6.45, 7) is 2.35. The molecule has 1 aromatic carbocycles. The molecule has 0 radical (unpaired) electrons. The lowest BCUT2D eigenvalue weighted by Gasteiger charge is -2.29. The van der Waals surface area contributed by atoms with Gasteiger partial charge in [0.05, 0.1) is 6.04 Å². The van der Waals surface area contributed by atoms with Crippen LogP contribution in [0.1, 0.15) is 31.1 Å². The van der Waals surface area contributed by atoms with Crippen molar-refractivity contribution in [3.8, 4) is 0 Å². The van der Waals surface area contributed by atoms with E-state index in [4.69, 9.17) is 4.42 Å². The molecule has 1 saturated carbocycles. The predicted molar refractivity (Wildman–Crippen MR) is 80.7 cm³/mol. The van der Waals surface area contributed by atoms with Crippen LogP contribution in [0.5, 0.6) is 0 Å². The molecule has 20 heavy (non-hydrogen) atoms. The third-order valence-electron chi connectivity index (χ3n) is 5.08. The summed E-state index contributed by atoms with van der Waals surface area (Å²) in [5.41, 5.74) is 0.991. The molecule has 2 fully saturated rings. The standard InChI is InChI=1S/C17H22N2O/c1-18-15(11-19-10-12-6-7-14(19)8-12)17-9-13-4-2-3-5-16(13)20-17/h2-5,9,12,14-15,18H,6-8,10-11H2,1H3. The topological polar surface area (TPSA) is 28.4 Å². The molecule has 1 aliphatic heterocycles. The van der Waals surface area contributed by atoms with Crippen LogP contribution in [-0.2, 0) is 0 Å². The van der Waals surface area contributed by atoms with Crippen molar-refractivity contribution in [2.24, 2.45) is 5.92 Å². The molecule has 2 aliphatic rings. The van der Waals surface area contributed by atoms with Gasteiger partial charge in [-0.3, -0.25) is 4.90 Å². The molecule has 1 aromatic heterocycles. The van der Waals surface area contributed by atoms with Crippen molar-refractivity contribution in [2.75, 3.05) is 20.1 Å². The van der Waals surface area contributed by atoms with Gasteiger partial charge in [0.2, 0.25) is 0 Å². The normalized spacial score (nSPS) is 27.4. The van der Waals surface area contributed by atoms with Crippen molar-refractivity contribution in [1.29, 1.82) is 0 Å². The van der Waals surface area contributed by atoms with E-state index in [1.165, 1.54) is 31.2 Å². The summed E-state index contributed by atoms with van der Waals surface area (Å²) in [6, 6.07) is 11.6. The van der Waals surface area contributed by atoms with Gasteiger partial charge in [0, 0.05) is 24.5 Å². The summed E-state index contributed by atoms with van der Waals surface area (Å²) in [6.07, 6.45) is 4.24. The maximum atomic E-state index is 6.02. The van der Waals surface area contributed by atoms with Gasteiger partial charge in [-0.1, -0.05) is 18.2 Å². The van der Waals surface area contributed by atoms with Crippen LogP contribution < -0.4 is 5.32 Å². The molecule has 2 heterocycles. The summed E-state index contributed by atoms with van der Waals surface area (Å²) in [5, 5.41) is 4.63. The molecule has 0 amide bonds. The van der Waals surface area contributed by atoms with Gasteiger partial charge in [-0.15, -0.1) is 0 Å². The van der Waals surface area contributed by atoms with E-state index in [0.29, 0.717) is 6.04 Å². The number of nitrogens with one attached hydrogen (secondary N) is 1. The van der Waals surface area contributed by atoms with Crippen molar-refractivity contribution in [1.82, 2.24) is 10.2 Å². The van der Waals surface area contributed by atoms with Gasteiger partial charge >= 0.3 is 0 Å². The molecule has 3 unspecified atom stereocenters. The SMILES string of the molecule is CNC(CN1CC2CCC1C2)c1cc2ccccc2o1. The second kappa shape index (κ2) is 4.90. The zero-order valence-corrected chi connectivity index (χ0v) is 12.0. The smallest absolute Gasteiger partial charge is 0.134 e. The number of hydrogen-bond donors (Lipinski definition) is 1. The van der Waals surface area contributed by atoms with E-state index in [-0.39, 0.29) is 0 Å². The van der Waals surface area contributed by atoms with E-state index in [9.17, 15) is 0 Å². The van der Waals surface area contributed by atoms with Crippen LogP contribution in [0, 0.1) is 5.92 Å². The van der Waals surface area contributed by atoms with Gasteiger partial charge in [0.1, 0.15) is 11.3 Å². The maximum absolute atomic E-state index is 6.02. The minimum Gasteiger partial charge on any atom is -0.459 e. The number of nitrogens with zero attached hydrogens (tertiary/aromatic N) is 1. The maximum Gasteiger partial charge on any atom is 0.134 e. The fourth-order valence-corrected chi connectivity index (χ4v) is 3.98. The zero-order valence-electron chi connectivity index (χ0n) is 12.0. The summed E-state index contributed by atoms with van der Waals surface area (Å²) in [7, 11) is 2.03. The Balaban J connectivity index is 1.55. The van der Waals surface area contributed by atoms with Crippen LogP contribution in [-0.4, -0.2) is 31.1 Å². The van der Waals surface area contributed by atoms with Gasteiger partial charge in [-0.05, 0) is 44.4 Å². The third kappa shape index (κ3) is 2.05. The largest absolute Gasteiger partial charge is 0.459 e. The molecule has 1 N–H and O–H groups in total. The van der Waals surface area contributed by atoms with Crippen LogP contribution in [0.4, 0.5) is 0 Å². The highest BCUT2D eigenvalue weighted by atomic mass is 16.3. The Hall–Kier alpha value is -1.32. The Bertz CT molecular complexity index is 573. The third-order valence-corrected chi connectivity index (χ3v) is 5.08. The number of rotatable bonds is 4. The van der Waals surface area contributed by atoms with Gasteiger partial charge in [-0.25, -0.2) is 0 Å². The van der Waals surface area contributed by atoms with Gasteiger partial charge in [-0.2, -0.15) is 0 Å². The first-order chi connectivity index (χ1) is 9.83. The summed E-state index contributed by atoms with van der Waals surface area (Å²) < 4.78 is 6.02. The number of hydrogen-bond acceptors (Lipinski definition) is 3. The quantitative estimate of drug-likeness (QED) is 0.925. The Morgan fingerprint density at radius 1 is 1.35 bits per heavy atom. The average molecular weight is 270 g/mol. The highest BCUT2D eigenvalue weighted by Gasteiger charge is 2.38. The Morgan fingerprint density at radius 2 is 2.25 bits per heavy atom. The second-order valence-corrected chi connectivity index (χ2v) is 6.31. The zero-order chi connectivity index (χ0) is 13.5. The number of para-hydroxylation sites is 1. The minimum absolute atomic E-state index is 0.293. The fraction of sp³-hybridized carbons (Fsp3) is 0.529. The van der Waals surface area contributed by atoms with Crippen molar-refractivity contribution in [3.05, 3.63) is 36.1 Å². The first kappa shape index (κ1) is 12.4. The number of likely N-dealkylation sites (tertiary alicyclic amines) is 1. The van der Waals surface area contributed by atoms with Crippen LogP contribution in [0.2, 0.25) is 0 Å². The molecule has 1 aliphatic carbocycles. The highest BCUT2D eigenvalue weighted by Crippen LogP contribution is 2.38. The van der Waals surface area contributed by atoms with Crippen molar-refractivity contribution in [3.63, 3.8) is 0 Å². The lowest BCUT2D eigenvalue weighted by atomic mass is 10.1. The van der Waals surface area contributed by atoms with Crippen LogP contribution in [0.15, 0.2) is 34.7 Å².